The van der Waals surface area contributed by atoms with Crippen LogP contribution in [0.5, 0.6) is 11.5 Å². The number of aromatic amines is 1. The highest BCUT2D eigenvalue weighted by molar-refractivity contribution is 6.30. The summed E-state index contributed by atoms with van der Waals surface area (Å²) in [6.45, 7) is 0.338. The van der Waals surface area contributed by atoms with Gasteiger partial charge in [-0.2, -0.15) is 5.10 Å². The minimum Gasteiger partial charge on any atom is -0.493 e. The molecule has 2 N–H and O–H groups in total. The van der Waals surface area contributed by atoms with Crippen molar-refractivity contribution in [2.75, 3.05) is 12.4 Å². The molecular weight excluding hydrogens is 366 g/mol. The van der Waals surface area contributed by atoms with E-state index in [2.05, 4.69) is 15.5 Å². The number of ether oxygens (including phenoxy) is 2. The summed E-state index contributed by atoms with van der Waals surface area (Å²) in [5, 5.41) is 10.4. The van der Waals surface area contributed by atoms with Crippen LogP contribution in [0.3, 0.4) is 0 Å². The molecule has 2 heterocycles. The van der Waals surface area contributed by atoms with Crippen LogP contribution in [0, 0.1) is 0 Å². The molecular formula is C20H18ClN3O3. The fourth-order valence-corrected chi connectivity index (χ4v) is 3.54. The van der Waals surface area contributed by atoms with Crippen molar-refractivity contribution in [2.24, 2.45) is 0 Å². The first kappa shape index (κ1) is 17.4. The lowest BCUT2D eigenvalue weighted by atomic mass is 9.86. The first-order chi connectivity index (χ1) is 13.2. The molecule has 0 radical (unpaired) electrons. The van der Waals surface area contributed by atoms with Gasteiger partial charge in [0, 0.05) is 28.5 Å². The average Bonchev–Trinajstić information content (AvgIpc) is 3.13. The van der Waals surface area contributed by atoms with Crippen LogP contribution in [0.4, 0.5) is 5.82 Å². The third-order valence-corrected chi connectivity index (χ3v) is 4.81. The van der Waals surface area contributed by atoms with Gasteiger partial charge in [0.05, 0.1) is 13.3 Å². The van der Waals surface area contributed by atoms with E-state index in [1.54, 1.807) is 13.3 Å². The maximum absolute atomic E-state index is 12.1. The standard InChI is InChI=1S/C20H18ClN3O3/c1-26-17-7-3-6-14(15-9-18(25)23-20-16(15)10-22-24-20)19(17)27-11-12-4-2-5-13(21)8-12/h2-8,10,15H,9,11H2,1H3,(H2,22,23,24,25). The highest BCUT2D eigenvalue weighted by atomic mass is 35.5. The zero-order chi connectivity index (χ0) is 18.8. The molecule has 138 valence electrons. The van der Waals surface area contributed by atoms with Gasteiger partial charge in [-0.3, -0.25) is 9.89 Å². The number of carbonyl (C=O) groups excluding carboxylic acids is 1. The van der Waals surface area contributed by atoms with Crippen molar-refractivity contribution >= 4 is 23.3 Å². The van der Waals surface area contributed by atoms with Crippen molar-refractivity contribution in [3.05, 3.63) is 70.4 Å². The molecule has 0 saturated heterocycles. The Morgan fingerprint density at radius 1 is 1.22 bits per heavy atom. The maximum atomic E-state index is 12.1. The Bertz CT molecular complexity index is 986. The van der Waals surface area contributed by atoms with Gasteiger partial charge in [0.1, 0.15) is 12.4 Å². The van der Waals surface area contributed by atoms with Crippen molar-refractivity contribution in [3.8, 4) is 11.5 Å². The molecule has 2 aromatic carbocycles. The molecule has 0 fully saturated rings. The molecule has 1 unspecified atom stereocenters. The van der Waals surface area contributed by atoms with Crippen LogP contribution in [0.2, 0.25) is 5.02 Å². The summed E-state index contributed by atoms with van der Waals surface area (Å²) in [5.74, 6) is 1.62. The average molecular weight is 384 g/mol. The van der Waals surface area contributed by atoms with Gasteiger partial charge in [0.2, 0.25) is 5.91 Å². The summed E-state index contributed by atoms with van der Waals surface area (Å²) in [6.07, 6.45) is 2.05. The Morgan fingerprint density at radius 3 is 2.89 bits per heavy atom. The molecule has 1 amide bonds. The molecule has 0 saturated carbocycles. The number of halogens is 1. The number of rotatable bonds is 5. The lowest BCUT2D eigenvalue weighted by Gasteiger charge is -2.25. The number of hydrogen-bond acceptors (Lipinski definition) is 4. The number of nitrogens with zero attached hydrogens (tertiary/aromatic N) is 1. The molecule has 4 rings (SSSR count). The monoisotopic (exact) mass is 383 g/mol. The van der Waals surface area contributed by atoms with Crippen LogP contribution >= 0.6 is 11.6 Å². The summed E-state index contributed by atoms with van der Waals surface area (Å²) < 4.78 is 11.6. The Balaban J connectivity index is 1.71. The molecule has 1 aliphatic rings. The zero-order valence-corrected chi connectivity index (χ0v) is 15.4. The van der Waals surface area contributed by atoms with E-state index in [1.165, 1.54) is 0 Å². The third-order valence-electron chi connectivity index (χ3n) is 4.57. The number of methoxy groups -OCH3 is 1. The highest BCUT2D eigenvalue weighted by Crippen LogP contribution is 2.43. The number of benzene rings is 2. The van der Waals surface area contributed by atoms with E-state index in [-0.39, 0.29) is 11.8 Å². The van der Waals surface area contributed by atoms with Gasteiger partial charge in [-0.1, -0.05) is 35.9 Å². The van der Waals surface area contributed by atoms with Crippen molar-refractivity contribution in [1.29, 1.82) is 0 Å². The molecule has 0 aliphatic carbocycles. The van der Waals surface area contributed by atoms with Gasteiger partial charge in [-0.05, 0) is 23.8 Å². The van der Waals surface area contributed by atoms with E-state index in [4.69, 9.17) is 21.1 Å². The van der Waals surface area contributed by atoms with Crippen LogP contribution in [-0.4, -0.2) is 23.2 Å². The SMILES string of the molecule is COc1cccc(C2CC(=O)Nc3[nH]ncc32)c1OCc1cccc(Cl)c1. The van der Waals surface area contributed by atoms with Gasteiger partial charge >= 0.3 is 0 Å². The van der Waals surface area contributed by atoms with E-state index in [1.807, 2.05) is 42.5 Å². The maximum Gasteiger partial charge on any atom is 0.226 e. The molecule has 0 spiro atoms. The number of carbonyl (C=O) groups is 1. The van der Waals surface area contributed by atoms with Crippen LogP contribution < -0.4 is 14.8 Å². The number of para-hydroxylation sites is 1. The largest absolute Gasteiger partial charge is 0.493 e. The van der Waals surface area contributed by atoms with E-state index in [0.717, 1.165) is 16.7 Å². The fraction of sp³-hybridized carbons (Fsp3) is 0.200. The van der Waals surface area contributed by atoms with Crippen molar-refractivity contribution in [1.82, 2.24) is 10.2 Å². The van der Waals surface area contributed by atoms with Crippen LogP contribution in [0.1, 0.15) is 29.0 Å². The molecule has 6 nitrogen and oxygen atoms in total. The first-order valence-electron chi connectivity index (χ1n) is 8.53. The number of hydrogen-bond donors (Lipinski definition) is 2. The number of fused-ring (bicyclic) bond motifs is 1. The van der Waals surface area contributed by atoms with Gasteiger partial charge in [-0.25, -0.2) is 0 Å². The molecule has 1 aliphatic heterocycles. The second-order valence-corrected chi connectivity index (χ2v) is 6.74. The fourth-order valence-electron chi connectivity index (χ4n) is 3.33. The predicted octanol–water partition coefficient (Wildman–Crippen LogP) is 4.12. The molecule has 3 aromatic rings. The second kappa shape index (κ2) is 7.32. The number of amides is 1. The van der Waals surface area contributed by atoms with Crippen LogP contribution in [-0.2, 0) is 11.4 Å². The van der Waals surface area contributed by atoms with Crippen molar-refractivity contribution < 1.29 is 14.3 Å². The van der Waals surface area contributed by atoms with E-state index >= 15 is 0 Å². The van der Waals surface area contributed by atoms with Crippen LogP contribution in [0.15, 0.2) is 48.7 Å². The van der Waals surface area contributed by atoms with Gasteiger partial charge in [0.15, 0.2) is 11.5 Å². The molecule has 0 bridgehead atoms. The first-order valence-corrected chi connectivity index (χ1v) is 8.90. The van der Waals surface area contributed by atoms with Gasteiger partial charge in [0.25, 0.3) is 0 Å². The summed E-state index contributed by atoms with van der Waals surface area (Å²) in [7, 11) is 1.60. The number of aromatic nitrogens is 2. The van der Waals surface area contributed by atoms with Crippen LogP contribution in [0.25, 0.3) is 0 Å². The van der Waals surface area contributed by atoms with Crippen molar-refractivity contribution in [3.63, 3.8) is 0 Å². The summed E-state index contributed by atoms with van der Waals surface area (Å²) in [5.41, 5.74) is 2.76. The number of nitrogens with one attached hydrogen (secondary N) is 2. The number of H-pyrrole nitrogens is 1. The predicted molar refractivity (Wildman–Crippen MR) is 102 cm³/mol. The summed E-state index contributed by atoms with van der Waals surface area (Å²) in [6, 6.07) is 13.2. The zero-order valence-electron chi connectivity index (χ0n) is 14.7. The minimum absolute atomic E-state index is 0.0691. The lowest BCUT2D eigenvalue weighted by Crippen LogP contribution is -2.23. The molecule has 27 heavy (non-hydrogen) atoms. The molecule has 1 atom stereocenters. The van der Waals surface area contributed by atoms with E-state index in [9.17, 15) is 4.79 Å². The number of anilines is 1. The summed E-state index contributed by atoms with van der Waals surface area (Å²) >= 11 is 6.06. The molecule has 7 heteroatoms. The third kappa shape index (κ3) is 3.48. The Labute approximate surface area is 161 Å². The summed E-state index contributed by atoms with van der Waals surface area (Å²) in [4.78, 5) is 12.1. The smallest absolute Gasteiger partial charge is 0.226 e. The second-order valence-electron chi connectivity index (χ2n) is 6.30. The normalized spacial score (nSPS) is 15.8. The minimum atomic E-state index is -0.169. The van der Waals surface area contributed by atoms with Gasteiger partial charge < -0.3 is 14.8 Å². The van der Waals surface area contributed by atoms with Gasteiger partial charge in [-0.15, -0.1) is 0 Å². The Kier molecular flexibility index (Phi) is 4.73. The topological polar surface area (TPSA) is 76.2 Å². The van der Waals surface area contributed by atoms with E-state index in [0.29, 0.717) is 35.4 Å². The Hall–Kier alpha value is -2.99. The van der Waals surface area contributed by atoms with Crippen molar-refractivity contribution in [2.45, 2.75) is 18.9 Å². The quantitative estimate of drug-likeness (QED) is 0.694. The Morgan fingerprint density at radius 2 is 2.07 bits per heavy atom. The highest BCUT2D eigenvalue weighted by Gasteiger charge is 2.31. The lowest BCUT2D eigenvalue weighted by molar-refractivity contribution is -0.116. The van der Waals surface area contributed by atoms with E-state index < -0.39 is 0 Å². The molecule has 1 aromatic heterocycles.